The van der Waals surface area contributed by atoms with Crippen LogP contribution in [0.25, 0.3) is 0 Å². The topological polar surface area (TPSA) is 80.7 Å². The molecule has 4 rings (SSSR count). The van der Waals surface area contributed by atoms with Gasteiger partial charge in [0.05, 0.1) is 13.0 Å². The van der Waals surface area contributed by atoms with Gasteiger partial charge in [0.15, 0.2) is 17.2 Å². The van der Waals surface area contributed by atoms with Crippen LogP contribution >= 0.6 is 0 Å². The van der Waals surface area contributed by atoms with Crippen LogP contribution < -0.4 is 0 Å². The van der Waals surface area contributed by atoms with E-state index in [1.807, 2.05) is 6.08 Å². The summed E-state index contributed by atoms with van der Waals surface area (Å²) in [6.45, 7) is 10.1. The zero-order valence-electron chi connectivity index (χ0n) is 19.7. The summed E-state index contributed by atoms with van der Waals surface area (Å²) in [6.07, 6.45) is 7.16. The zero-order chi connectivity index (χ0) is 22.8. The van der Waals surface area contributed by atoms with Crippen molar-refractivity contribution in [3.8, 4) is 0 Å². The maximum absolute atomic E-state index is 13.1. The molecule has 0 unspecified atom stereocenters. The summed E-state index contributed by atoms with van der Waals surface area (Å²) in [5.41, 5.74) is -0.119. The highest BCUT2D eigenvalue weighted by Crippen LogP contribution is 2.70. The molecule has 172 valence electrons. The lowest BCUT2D eigenvalue weighted by Crippen LogP contribution is -2.60. The van der Waals surface area contributed by atoms with Gasteiger partial charge in [-0.05, 0) is 74.2 Å². The Morgan fingerprint density at radius 3 is 2.52 bits per heavy atom. The fourth-order valence-electron chi connectivity index (χ4n) is 8.67. The van der Waals surface area contributed by atoms with Gasteiger partial charge in [-0.2, -0.15) is 0 Å². The van der Waals surface area contributed by atoms with Crippen molar-refractivity contribution in [2.75, 3.05) is 6.61 Å². The first-order valence-corrected chi connectivity index (χ1v) is 12.1. The number of esters is 1. The van der Waals surface area contributed by atoms with Crippen molar-refractivity contribution in [2.24, 2.45) is 40.4 Å². The molecule has 0 spiro atoms. The SMILES string of the molecule is CC(=O)[C@@]1(OC(=O)CCO)[C@@H](C)C[C@H]2[C@@H]3C[C@H](C)C4=CC(=O)CC[C@]4(C)[C@H]3CC[C@@]21C. The van der Waals surface area contributed by atoms with Gasteiger partial charge in [-0.1, -0.05) is 33.3 Å². The summed E-state index contributed by atoms with van der Waals surface area (Å²) >= 11 is 0. The van der Waals surface area contributed by atoms with Crippen LogP contribution in [0.1, 0.15) is 79.6 Å². The average Bonchev–Trinajstić information content (AvgIpc) is 2.92. The molecule has 0 radical (unpaired) electrons. The molecule has 0 aromatic carbocycles. The second-order valence-corrected chi connectivity index (χ2v) is 11.3. The lowest BCUT2D eigenvalue weighted by Gasteiger charge is -2.60. The number of ketones is 2. The number of carbonyl (C=O) groups excluding carboxylic acids is 3. The quantitative estimate of drug-likeness (QED) is 0.674. The first-order valence-electron chi connectivity index (χ1n) is 12.1. The van der Waals surface area contributed by atoms with Crippen LogP contribution in [0.4, 0.5) is 0 Å². The fraction of sp³-hybridized carbons (Fsp3) is 0.808. The van der Waals surface area contributed by atoms with Crippen LogP contribution in [0.15, 0.2) is 11.6 Å². The molecular formula is C26H38O5. The minimum absolute atomic E-state index is 0.0469. The molecular weight excluding hydrogens is 392 g/mol. The van der Waals surface area contributed by atoms with Gasteiger partial charge >= 0.3 is 5.97 Å². The first-order chi connectivity index (χ1) is 14.5. The van der Waals surface area contributed by atoms with E-state index in [2.05, 4.69) is 27.7 Å². The van der Waals surface area contributed by atoms with Crippen molar-refractivity contribution in [2.45, 2.75) is 85.2 Å². The Morgan fingerprint density at radius 2 is 1.87 bits per heavy atom. The molecule has 0 saturated heterocycles. The summed E-state index contributed by atoms with van der Waals surface area (Å²) in [7, 11) is 0. The third-order valence-corrected chi connectivity index (χ3v) is 9.93. The molecule has 3 fully saturated rings. The molecule has 1 N–H and O–H groups in total. The molecule has 31 heavy (non-hydrogen) atoms. The van der Waals surface area contributed by atoms with Gasteiger partial charge in [-0.25, -0.2) is 0 Å². The van der Waals surface area contributed by atoms with E-state index >= 15 is 0 Å². The van der Waals surface area contributed by atoms with Crippen molar-refractivity contribution >= 4 is 17.5 Å². The van der Waals surface area contributed by atoms with E-state index in [1.54, 1.807) is 6.92 Å². The molecule has 0 amide bonds. The van der Waals surface area contributed by atoms with E-state index < -0.39 is 17.0 Å². The summed E-state index contributed by atoms with van der Waals surface area (Å²) in [5, 5.41) is 9.22. The first kappa shape index (κ1) is 22.7. The number of aliphatic hydroxyl groups is 1. The summed E-state index contributed by atoms with van der Waals surface area (Å²) in [6, 6.07) is 0. The van der Waals surface area contributed by atoms with Gasteiger partial charge in [-0.15, -0.1) is 0 Å². The molecule has 0 heterocycles. The number of aliphatic hydroxyl groups excluding tert-OH is 1. The van der Waals surface area contributed by atoms with E-state index in [1.165, 1.54) is 5.57 Å². The third-order valence-electron chi connectivity index (χ3n) is 9.93. The molecule has 0 aromatic heterocycles. The Bertz CT molecular complexity index is 830. The Kier molecular flexibility index (Phi) is 5.52. The predicted molar refractivity (Wildman–Crippen MR) is 117 cm³/mol. The minimum atomic E-state index is -1.11. The van der Waals surface area contributed by atoms with Gasteiger partial charge in [0.1, 0.15) is 0 Å². The van der Waals surface area contributed by atoms with Crippen molar-refractivity contribution in [1.29, 1.82) is 0 Å². The largest absolute Gasteiger partial charge is 0.450 e. The van der Waals surface area contributed by atoms with Gasteiger partial charge in [0, 0.05) is 17.8 Å². The molecule has 4 aliphatic carbocycles. The smallest absolute Gasteiger partial charge is 0.309 e. The third kappa shape index (κ3) is 3.02. The zero-order valence-corrected chi connectivity index (χ0v) is 19.7. The number of rotatable bonds is 4. The molecule has 0 bridgehead atoms. The van der Waals surface area contributed by atoms with E-state index in [9.17, 15) is 19.5 Å². The number of fused-ring (bicyclic) bond motifs is 5. The Balaban J connectivity index is 1.74. The van der Waals surface area contributed by atoms with E-state index in [0.717, 1.165) is 32.1 Å². The molecule has 3 saturated carbocycles. The number of allylic oxidation sites excluding steroid dienone is 1. The molecule has 4 aliphatic rings. The van der Waals surface area contributed by atoms with Crippen molar-refractivity contribution in [1.82, 2.24) is 0 Å². The Morgan fingerprint density at radius 1 is 1.16 bits per heavy atom. The number of ether oxygens (including phenoxy) is 1. The van der Waals surface area contributed by atoms with Gasteiger partial charge in [0.2, 0.25) is 0 Å². The van der Waals surface area contributed by atoms with Gasteiger partial charge in [-0.3, -0.25) is 14.4 Å². The average molecular weight is 431 g/mol. The molecule has 8 atom stereocenters. The number of carbonyl (C=O) groups is 3. The van der Waals surface area contributed by atoms with Crippen LogP contribution in [-0.2, 0) is 19.1 Å². The second kappa shape index (κ2) is 7.54. The highest BCUT2D eigenvalue weighted by atomic mass is 16.6. The Labute approximate surface area is 186 Å². The monoisotopic (exact) mass is 430 g/mol. The highest BCUT2D eigenvalue weighted by Gasteiger charge is 2.70. The minimum Gasteiger partial charge on any atom is -0.450 e. The van der Waals surface area contributed by atoms with E-state index in [0.29, 0.717) is 30.1 Å². The lowest BCUT2D eigenvalue weighted by molar-refractivity contribution is -0.195. The summed E-state index contributed by atoms with van der Waals surface area (Å²) < 4.78 is 6.03. The second-order valence-electron chi connectivity index (χ2n) is 11.3. The molecule has 5 heteroatoms. The molecule has 5 nitrogen and oxygen atoms in total. The van der Waals surface area contributed by atoms with Crippen molar-refractivity contribution in [3.63, 3.8) is 0 Å². The van der Waals surface area contributed by atoms with Crippen molar-refractivity contribution < 1.29 is 24.2 Å². The van der Waals surface area contributed by atoms with Crippen molar-refractivity contribution in [3.05, 3.63) is 11.6 Å². The number of hydrogen-bond acceptors (Lipinski definition) is 5. The van der Waals surface area contributed by atoms with Crippen LogP contribution in [0.3, 0.4) is 0 Å². The van der Waals surface area contributed by atoms with Crippen LogP contribution in [0.5, 0.6) is 0 Å². The fourth-order valence-corrected chi connectivity index (χ4v) is 8.67. The van der Waals surface area contributed by atoms with E-state index in [4.69, 9.17) is 4.74 Å². The maximum Gasteiger partial charge on any atom is 0.309 e. The summed E-state index contributed by atoms with van der Waals surface area (Å²) in [4.78, 5) is 37.8. The number of hydrogen-bond donors (Lipinski definition) is 1. The standard InChI is InChI=1S/C26H38O5/c1-15-12-19-20(24(4)9-6-18(29)14-21(15)24)7-10-25(5)22(19)13-16(2)26(25,17(3)28)31-23(30)8-11-27/h14-16,19-20,22,27H,6-13H2,1-5H3/t15-,16-,19+,20-,22-,24+,25-,26-/m0/s1. The predicted octanol–water partition coefficient (Wildman–Crippen LogP) is 4.26. The normalized spacial score (nSPS) is 46.5. The van der Waals surface area contributed by atoms with Gasteiger partial charge < -0.3 is 9.84 Å². The van der Waals surface area contributed by atoms with Crippen LogP contribution in [0.2, 0.25) is 0 Å². The lowest BCUT2D eigenvalue weighted by atomic mass is 9.44. The Hall–Kier alpha value is -1.49. The molecule has 0 aromatic rings. The van der Waals surface area contributed by atoms with Crippen LogP contribution in [0, 0.1) is 40.4 Å². The van der Waals surface area contributed by atoms with Gasteiger partial charge in [0.25, 0.3) is 0 Å². The van der Waals surface area contributed by atoms with Crippen LogP contribution in [-0.4, -0.2) is 34.9 Å². The number of Topliss-reactive ketones (excluding diaryl/α,β-unsaturated/α-hetero) is 1. The summed E-state index contributed by atoms with van der Waals surface area (Å²) in [5.74, 6) is 1.31. The molecule has 0 aliphatic heterocycles. The highest BCUT2D eigenvalue weighted by molar-refractivity contribution is 5.92. The van der Waals surface area contributed by atoms with E-state index in [-0.39, 0.29) is 35.9 Å². The maximum atomic E-state index is 13.1.